The fourth-order valence-corrected chi connectivity index (χ4v) is 3.80. The zero-order valence-electron chi connectivity index (χ0n) is 16.4. The highest BCUT2D eigenvalue weighted by molar-refractivity contribution is 7.99. The SMILES string of the molecule is CC(C1CC1)N(CC(F)(F)F)C(=O)CSc1nnc(-c2ccc(OC(F)F)cc2)n1N. The summed E-state index contributed by atoms with van der Waals surface area (Å²) in [5.74, 6) is 5.22. The summed E-state index contributed by atoms with van der Waals surface area (Å²) in [6.07, 6.45) is -2.89. The molecule has 1 unspecified atom stereocenters. The van der Waals surface area contributed by atoms with E-state index in [1.165, 1.54) is 24.3 Å². The Morgan fingerprint density at radius 3 is 2.48 bits per heavy atom. The van der Waals surface area contributed by atoms with Crippen molar-refractivity contribution >= 4 is 17.7 Å². The predicted octanol–water partition coefficient (Wildman–Crippen LogP) is 3.54. The fourth-order valence-electron chi connectivity index (χ4n) is 3.05. The number of aromatic nitrogens is 3. The van der Waals surface area contributed by atoms with Gasteiger partial charge in [0, 0.05) is 11.6 Å². The summed E-state index contributed by atoms with van der Waals surface area (Å²) < 4.78 is 68.6. The van der Waals surface area contributed by atoms with E-state index in [0.29, 0.717) is 5.56 Å². The van der Waals surface area contributed by atoms with E-state index in [-0.39, 0.29) is 28.4 Å². The van der Waals surface area contributed by atoms with Gasteiger partial charge in [0.1, 0.15) is 12.3 Å². The maximum Gasteiger partial charge on any atom is 0.406 e. The first-order valence-corrected chi connectivity index (χ1v) is 10.3. The molecule has 1 saturated carbocycles. The van der Waals surface area contributed by atoms with Crippen LogP contribution in [-0.2, 0) is 4.79 Å². The van der Waals surface area contributed by atoms with E-state index in [1.807, 2.05) is 0 Å². The van der Waals surface area contributed by atoms with Crippen LogP contribution in [0.25, 0.3) is 11.4 Å². The van der Waals surface area contributed by atoms with Gasteiger partial charge in [-0.2, -0.15) is 22.0 Å². The lowest BCUT2D eigenvalue weighted by Crippen LogP contribution is -2.46. The van der Waals surface area contributed by atoms with Crippen molar-refractivity contribution in [2.24, 2.45) is 5.92 Å². The Bertz CT molecular complexity index is 902. The standard InChI is InChI=1S/C18H20F5N5O2S/c1-10(11-2-3-11)27(9-18(21,22)23)14(29)8-31-17-26-25-15(28(17)24)12-4-6-13(7-5-12)30-16(19)20/h4-7,10-11,16H,2-3,8-9,24H2,1H3. The highest BCUT2D eigenvalue weighted by atomic mass is 32.2. The van der Waals surface area contributed by atoms with Crippen LogP contribution in [-0.4, -0.2) is 56.8 Å². The van der Waals surface area contributed by atoms with E-state index < -0.39 is 31.3 Å². The molecule has 0 aliphatic heterocycles. The lowest BCUT2D eigenvalue weighted by atomic mass is 10.2. The zero-order chi connectivity index (χ0) is 22.8. The molecule has 31 heavy (non-hydrogen) atoms. The molecule has 2 aromatic rings. The van der Waals surface area contributed by atoms with E-state index in [4.69, 9.17) is 5.84 Å². The van der Waals surface area contributed by atoms with Crippen molar-refractivity contribution in [3.8, 4) is 17.1 Å². The van der Waals surface area contributed by atoms with Gasteiger partial charge in [-0.1, -0.05) is 11.8 Å². The first-order valence-electron chi connectivity index (χ1n) is 9.30. The van der Waals surface area contributed by atoms with Crippen molar-refractivity contribution in [2.75, 3.05) is 18.1 Å². The van der Waals surface area contributed by atoms with Gasteiger partial charge in [-0.25, -0.2) is 4.68 Å². The van der Waals surface area contributed by atoms with Crippen molar-refractivity contribution in [3.05, 3.63) is 24.3 Å². The summed E-state index contributed by atoms with van der Waals surface area (Å²) in [6, 6.07) is 5.01. The van der Waals surface area contributed by atoms with E-state index in [0.717, 1.165) is 34.2 Å². The van der Waals surface area contributed by atoms with Gasteiger partial charge in [0.2, 0.25) is 11.1 Å². The Morgan fingerprint density at radius 2 is 1.94 bits per heavy atom. The smallest absolute Gasteiger partial charge is 0.406 e. The Morgan fingerprint density at radius 1 is 1.29 bits per heavy atom. The third kappa shape index (κ3) is 6.21. The minimum atomic E-state index is -4.50. The number of benzene rings is 1. The van der Waals surface area contributed by atoms with Gasteiger partial charge >= 0.3 is 12.8 Å². The van der Waals surface area contributed by atoms with Crippen LogP contribution in [0.4, 0.5) is 22.0 Å². The van der Waals surface area contributed by atoms with E-state index in [9.17, 15) is 26.7 Å². The van der Waals surface area contributed by atoms with Gasteiger partial charge in [0.25, 0.3) is 0 Å². The number of hydrogen-bond donors (Lipinski definition) is 1. The second-order valence-corrected chi connectivity index (χ2v) is 8.03. The largest absolute Gasteiger partial charge is 0.435 e. The Kier molecular flexibility index (Phi) is 6.92. The third-order valence-electron chi connectivity index (χ3n) is 4.79. The molecule has 1 amide bonds. The molecule has 1 aliphatic rings. The number of amides is 1. The molecule has 1 heterocycles. The number of carbonyl (C=O) groups excluding carboxylic acids is 1. The zero-order valence-corrected chi connectivity index (χ0v) is 17.2. The summed E-state index contributed by atoms with van der Waals surface area (Å²) in [4.78, 5) is 13.4. The van der Waals surface area contributed by atoms with Gasteiger partial charge in [-0.3, -0.25) is 4.79 Å². The molecule has 0 bridgehead atoms. The number of ether oxygens (including phenoxy) is 1. The second-order valence-electron chi connectivity index (χ2n) is 7.08. The molecule has 7 nitrogen and oxygen atoms in total. The molecule has 2 N–H and O–H groups in total. The molecule has 1 atom stereocenters. The van der Waals surface area contributed by atoms with Crippen LogP contribution in [0, 0.1) is 5.92 Å². The average Bonchev–Trinajstić information content (AvgIpc) is 3.47. The maximum atomic E-state index is 12.9. The number of rotatable bonds is 9. The monoisotopic (exact) mass is 465 g/mol. The van der Waals surface area contributed by atoms with Crippen molar-refractivity contribution < 1.29 is 31.5 Å². The minimum Gasteiger partial charge on any atom is -0.435 e. The van der Waals surface area contributed by atoms with Gasteiger partial charge < -0.3 is 15.5 Å². The van der Waals surface area contributed by atoms with Crippen LogP contribution in [0.3, 0.4) is 0 Å². The lowest BCUT2D eigenvalue weighted by Gasteiger charge is -2.30. The van der Waals surface area contributed by atoms with Gasteiger partial charge in [-0.05, 0) is 49.9 Å². The Labute approximate surface area is 178 Å². The van der Waals surface area contributed by atoms with Crippen molar-refractivity contribution in [3.63, 3.8) is 0 Å². The number of hydrogen-bond acceptors (Lipinski definition) is 6. The van der Waals surface area contributed by atoms with Crippen LogP contribution in [0.15, 0.2) is 29.4 Å². The summed E-state index contributed by atoms with van der Waals surface area (Å²) in [6.45, 7) is -2.64. The molecule has 0 radical (unpaired) electrons. The van der Waals surface area contributed by atoms with Gasteiger partial charge in [0.05, 0.1) is 5.75 Å². The first-order chi connectivity index (χ1) is 14.5. The van der Waals surface area contributed by atoms with Gasteiger partial charge in [-0.15, -0.1) is 10.2 Å². The molecule has 170 valence electrons. The Hall–Kier alpha value is -2.57. The topological polar surface area (TPSA) is 86.3 Å². The second kappa shape index (κ2) is 9.28. The molecule has 1 fully saturated rings. The molecular weight excluding hydrogens is 445 g/mol. The summed E-state index contributed by atoms with van der Waals surface area (Å²) in [5, 5.41) is 7.90. The molecule has 1 aromatic carbocycles. The molecular formula is C18H20F5N5O2S. The van der Waals surface area contributed by atoms with E-state index in [2.05, 4.69) is 14.9 Å². The summed E-state index contributed by atoms with van der Waals surface area (Å²) in [5.41, 5.74) is 0.454. The number of halogens is 5. The third-order valence-corrected chi connectivity index (χ3v) is 5.72. The molecule has 0 saturated heterocycles. The van der Waals surface area contributed by atoms with Crippen molar-refractivity contribution in [1.29, 1.82) is 0 Å². The number of carbonyl (C=O) groups is 1. The highest BCUT2D eigenvalue weighted by Crippen LogP contribution is 2.36. The van der Waals surface area contributed by atoms with E-state index in [1.54, 1.807) is 6.92 Å². The molecule has 1 aromatic heterocycles. The summed E-state index contributed by atoms with van der Waals surface area (Å²) >= 11 is 0.868. The first kappa shape index (κ1) is 23.1. The number of nitrogens with zero attached hydrogens (tertiary/aromatic N) is 4. The number of nitrogen functional groups attached to an aromatic ring is 1. The Balaban J connectivity index is 1.66. The molecule has 0 spiro atoms. The van der Waals surface area contributed by atoms with Crippen LogP contribution >= 0.6 is 11.8 Å². The number of thioether (sulfide) groups is 1. The predicted molar refractivity (Wildman–Crippen MR) is 103 cm³/mol. The molecule has 3 rings (SSSR count). The van der Waals surface area contributed by atoms with Crippen molar-refractivity contribution in [1.82, 2.24) is 19.8 Å². The van der Waals surface area contributed by atoms with Crippen molar-refractivity contribution in [2.45, 2.75) is 43.8 Å². The lowest BCUT2D eigenvalue weighted by molar-refractivity contribution is -0.164. The maximum absolute atomic E-state index is 12.9. The van der Waals surface area contributed by atoms with Crippen LogP contribution in [0.1, 0.15) is 19.8 Å². The average molecular weight is 465 g/mol. The van der Waals surface area contributed by atoms with Crippen LogP contribution < -0.4 is 10.6 Å². The van der Waals surface area contributed by atoms with Gasteiger partial charge in [0.15, 0.2) is 5.82 Å². The quantitative estimate of drug-likeness (QED) is 0.346. The minimum absolute atomic E-state index is 0.0448. The number of alkyl halides is 5. The fraction of sp³-hybridized carbons (Fsp3) is 0.500. The molecule has 1 aliphatic carbocycles. The van der Waals surface area contributed by atoms with Crippen LogP contribution in [0.2, 0.25) is 0 Å². The number of nitrogens with two attached hydrogens (primary N) is 1. The highest BCUT2D eigenvalue weighted by Gasteiger charge is 2.40. The molecule has 13 heteroatoms. The normalized spacial score (nSPS) is 15.2. The summed E-state index contributed by atoms with van der Waals surface area (Å²) in [7, 11) is 0. The van der Waals surface area contributed by atoms with Crippen LogP contribution in [0.5, 0.6) is 5.75 Å². The van der Waals surface area contributed by atoms with E-state index >= 15 is 0 Å².